The van der Waals surface area contributed by atoms with E-state index in [0.717, 1.165) is 48.0 Å². The molecule has 1 aromatic heterocycles. The average molecular weight is 354 g/mol. The van der Waals surface area contributed by atoms with E-state index >= 15 is 0 Å². The molecule has 0 aliphatic carbocycles. The zero-order valence-corrected chi connectivity index (χ0v) is 15.1. The lowest BCUT2D eigenvalue weighted by atomic mass is 10.1. The lowest BCUT2D eigenvalue weighted by Crippen LogP contribution is -2.11. The van der Waals surface area contributed by atoms with Gasteiger partial charge in [0, 0.05) is 6.20 Å². The number of unbranched alkanes of at least 4 members (excludes halogenated alkanes) is 2. The molecule has 0 radical (unpaired) electrons. The summed E-state index contributed by atoms with van der Waals surface area (Å²) in [5, 5.41) is 3.36. The third-order valence-electron chi connectivity index (χ3n) is 3.98. The first kappa shape index (κ1) is 17.5. The van der Waals surface area contributed by atoms with Gasteiger partial charge in [-0.25, -0.2) is 9.78 Å². The van der Waals surface area contributed by atoms with Crippen molar-refractivity contribution in [3.05, 3.63) is 64.7 Å². The molecular formula is C20H22N2O2S. The van der Waals surface area contributed by atoms with E-state index in [0.29, 0.717) is 0 Å². The number of fused-ring (bicyclic) bond motifs is 1. The summed E-state index contributed by atoms with van der Waals surface area (Å²) in [6.07, 6.45) is 4.85. The summed E-state index contributed by atoms with van der Waals surface area (Å²) in [5.74, 6) is 1.91. The highest BCUT2D eigenvalue weighted by Crippen LogP contribution is 2.21. The topological polar surface area (TPSA) is 55.0 Å². The van der Waals surface area contributed by atoms with Crippen molar-refractivity contribution in [2.24, 2.45) is 0 Å². The van der Waals surface area contributed by atoms with Crippen molar-refractivity contribution in [3.8, 4) is 5.75 Å². The van der Waals surface area contributed by atoms with Crippen LogP contribution in [-0.4, -0.2) is 22.3 Å². The van der Waals surface area contributed by atoms with Gasteiger partial charge in [0.1, 0.15) is 5.75 Å². The number of nitrogens with one attached hydrogen (secondary N) is 1. The van der Waals surface area contributed by atoms with Crippen molar-refractivity contribution in [3.63, 3.8) is 0 Å². The van der Waals surface area contributed by atoms with Crippen LogP contribution in [0.1, 0.15) is 24.8 Å². The number of aromatic amines is 1. The van der Waals surface area contributed by atoms with Gasteiger partial charge in [-0.2, -0.15) is 0 Å². The summed E-state index contributed by atoms with van der Waals surface area (Å²) in [4.78, 5) is 17.7. The number of thioether (sulfide) groups is 1. The van der Waals surface area contributed by atoms with Gasteiger partial charge >= 0.3 is 5.69 Å². The van der Waals surface area contributed by atoms with Gasteiger partial charge < -0.3 is 9.72 Å². The Morgan fingerprint density at radius 3 is 2.80 bits per heavy atom. The predicted octanol–water partition coefficient (Wildman–Crippen LogP) is 4.57. The van der Waals surface area contributed by atoms with E-state index in [1.165, 1.54) is 10.8 Å². The first-order valence-electron chi connectivity index (χ1n) is 8.53. The molecule has 0 atom stereocenters. The Labute approximate surface area is 151 Å². The van der Waals surface area contributed by atoms with Crippen LogP contribution in [0.25, 0.3) is 10.8 Å². The van der Waals surface area contributed by atoms with Crippen LogP contribution in [0.2, 0.25) is 0 Å². The Bertz CT molecular complexity index is 892. The Kier molecular flexibility index (Phi) is 6.12. The molecule has 0 aliphatic rings. The van der Waals surface area contributed by atoms with E-state index in [-0.39, 0.29) is 5.69 Å². The molecule has 1 N–H and O–H groups in total. The second kappa shape index (κ2) is 8.72. The van der Waals surface area contributed by atoms with Gasteiger partial charge in [-0.1, -0.05) is 30.3 Å². The SMILES string of the molecule is Cc1cnc(=O)[nH]c1SCCCCCOc1ccc2ccccc2c1. The zero-order valence-electron chi connectivity index (χ0n) is 14.3. The van der Waals surface area contributed by atoms with Crippen molar-refractivity contribution in [1.82, 2.24) is 9.97 Å². The van der Waals surface area contributed by atoms with E-state index < -0.39 is 0 Å². The molecule has 0 amide bonds. The smallest absolute Gasteiger partial charge is 0.345 e. The largest absolute Gasteiger partial charge is 0.494 e. The molecule has 0 fully saturated rings. The van der Waals surface area contributed by atoms with E-state index in [1.807, 2.05) is 25.1 Å². The van der Waals surface area contributed by atoms with Gasteiger partial charge in [0.25, 0.3) is 0 Å². The fraction of sp³-hybridized carbons (Fsp3) is 0.300. The average Bonchev–Trinajstić information content (AvgIpc) is 2.63. The van der Waals surface area contributed by atoms with E-state index in [1.54, 1.807) is 18.0 Å². The van der Waals surface area contributed by atoms with Crippen molar-refractivity contribution in [2.45, 2.75) is 31.2 Å². The van der Waals surface area contributed by atoms with E-state index in [2.05, 4.69) is 34.2 Å². The number of nitrogens with zero attached hydrogens (tertiary/aromatic N) is 1. The summed E-state index contributed by atoms with van der Waals surface area (Å²) in [6.45, 7) is 2.69. The molecule has 25 heavy (non-hydrogen) atoms. The first-order valence-corrected chi connectivity index (χ1v) is 9.51. The molecule has 0 saturated heterocycles. The van der Waals surface area contributed by atoms with Gasteiger partial charge in [-0.05, 0) is 60.4 Å². The lowest BCUT2D eigenvalue weighted by Gasteiger charge is -2.08. The Morgan fingerprint density at radius 2 is 1.92 bits per heavy atom. The zero-order chi connectivity index (χ0) is 17.5. The van der Waals surface area contributed by atoms with Crippen LogP contribution in [0.4, 0.5) is 0 Å². The van der Waals surface area contributed by atoms with Gasteiger partial charge in [0.2, 0.25) is 0 Å². The molecule has 1 heterocycles. The fourth-order valence-electron chi connectivity index (χ4n) is 2.59. The molecule has 2 aromatic carbocycles. The molecule has 0 unspecified atom stereocenters. The predicted molar refractivity (Wildman–Crippen MR) is 104 cm³/mol. The van der Waals surface area contributed by atoms with Crippen LogP contribution in [0.5, 0.6) is 5.75 Å². The van der Waals surface area contributed by atoms with Crippen LogP contribution >= 0.6 is 11.8 Å². The van der Waals surface area contributed by atoms with Crippen molar-refractivity contribution in [2.75, 3.05) is 12.4 Å². The van der Waals surface area contributed by atoms with Crippen molar-refractivity contribution < 1.29 is 4.74 Å². The van der Waals surface area contributed by atoms with E-state index in [4.69, 9.17) is 4.74 Å². The minimum atomic E-state index is -0.281. The Morgan fingerprint density at radius 1 is 1.08 bits per heavy atom. The summed E-state index contributed by atoms with van der Waals surface area (Å²) < 4.78 is 5.85. The summed E-state index contributed by atoms with van der Waals surface area (Å²) in [7, 11) is 0. The lowest BCUT2D eigenvalue weighted by molar-refractivity contribution is 0.307. The van der Waals surface area contributed by atoms with Gasteiger partial charge in [-0.3, -0.25) is 0 Å². The minimum absolute atomic E-state index is 0.281. The van der Waals surface area contributed by atoms with Crippen LogP contribution < -0.4 is 10.4 Å². The summed E-state index contributed by atoms with van der Waals surface area (Å²) >= 11 is 1.68. The molecule has 3 rings (SSSR count). The molecule has 130 valence electrons. The Balaban J connectivity index is 1.35. The van der Waals surface area contributed by atoms with Crippen LogP contribution in [0.3, 0.4) is 0 Å². The number of rotatable bonds is 8. The maximum absolute atomic E-state index is 11.2. The number of H-pyrrole nitrogens is 1. The molecular weight excluding hydrogens is 332 g/mol. The van der Waals surface area contributed by atoms with E-state index in [9.17, 15) is 4.79 Å². The monoisotopic (exact) mass is 354 g/mol. The normalized spacial score (nSPS) is 10.9. The summed E-state index contributed by atoms with van der Waals surface area (Å²) in [5.41, 5.74) is 0.737. The maximum Gasteiger partial charge on any atom is 0.345 e. The Hall–Kier alpha value is -2.27. The molecule has 0 aliphatic heterocycles. The standard InChI is InChI=1S/C20H22N2O2S/c1-15-14-21-20(23)22-19(15)25-12-6-2-5-11-24-18-10-9-16-7-3-4-8-17(16)13-18/h3-4,7-10,13-14H,2,5-6,11-12H2,1H3,(H,21,22,23). The molecule has 4 nitrogen and oxygen atoms in total. The number of hydrogen-bond acceptors (Lipinski definition) is 4. The molecule has 0 spiro atoms. The van der Waals surface area contributed by atoms with Crippen LogP contribution in [0.15, 0.2) is 58.5 Å². The fourth-order valence-corrected chi connectivity index (χ4v) is 3.59. The highest BCUT2D eigenvalue weighted by atomic mass is 32.2. The highest BCUT2D eigenvalue weighted by Gasteiger charge is 2.01. The first-order chi connectivity index (χ1) is 12.2. The number of aromatic nitrogens is 2. The van der Waals surface area contributed by atoms with Crippen LogP contribution in [0, 0.1) is 6.92 Å². The number of hydrogen-bond donors (Lipinski definition) is 1. The minimum Gasteiger partial charge on any atom is -0.494 e. The molecule has 0 saturated carbocycles. The van der Waals surface area contributed by atoms with Gasteiger partial charge in [0.05, 0.1) is 11.6 Å². The van der Waals surface area contributed by atoms with Crippen molar-refractivity contribution >= 4 is 22.5 Å². The highest BCUT2D eigenvalue weighted by molar-refractivity contribution is 7.99. The third-order valence-corrected chi connectivity index (χ3v) is 5.18. The number of ether oxygens (including phenoxy) is 1. The summed E-state index contributed by atoms with van der Waals surface area (Å²) in [6, 6.07) is 14.5. The molecule has 5 heteroatoms. The van der Waals surface area contributed by atoms with Gasteiger partial charge in [0.15, 0.2) is 0 Å². The number of aryl methyl sites for hydroxylation is 1. The third kappa shape index (κ3) is 5.10. The van der Waals surface area contributed by atoms with Gasteiger partial charge in [-0.15, -0.1) is 11.8 Å². The number of benzene rings is 2. The van der Waals surface area contributed by atoms with Crippen LogP contribution in [-0.2, 0) is 0 Å². The second-order valence-corrected chi connectivity index (χ2v) is 7.07. The maximum atomic E-state index is 11.2. The van der Waals surface area contributed by atoms with Crippen molar-refractivity contribution in [1.29, 1.82) is 0 Å². The molecule has 0 bridgehead atoms. The quantitative estimate of drug-likeness (QED) is 0.366. The second-order valence-electron chi connectivity index (χ2n) is 5.97. The molecule has 3 aromatic rings.